The highest BCUT2D eigenvalue weighted by Gasteiger charge is 2.72. The first-order valence-corrected chi connectivity index (χ1v) is 16.2. The monoisotopic (exact) mass is 625 g/mol. The molecule has 1 spiro atoms. The van der Waals surface area contributed by atoms with Gasteiger partial charge in [0.2, 0.25) is 11.8 Å². The van der Waals surface area contributed by atoms with Gasteiger partial charge in [0, 0.05) is 24.5 Å². The molecule has 1 unspecified atom stereocenters. The van der Waals surface area contributed by atoms with Crippen LogP contribution in [0.15, 0.2) is 127 Å². The summed E-state index contributed by atoms with van der Waals surface area (Å²) >= 11 is 0. The Morgan fingerprint density at radius 1 is 0.745 bits per heavy atom. The largest absolute Gasteiger partial charge is 0.394 e. The summed E-state index contributed by atoms with van der Waals surface area (Å²) < 4.78 is 6.85. The second kappa shape index (κ2) is 11.6. The standard InChI is InChI=1S/C39H35N3O5/c43-25-31(23-26-11-3-1-4-12-26)42-35-38(46)41(30-19-18-27-13-7-8-14-28(27)24-30)22-10-20-39(35)34(37(42)45)33-32(47-39)17-9-21-40(36(33)44)29-15-5-2-6-16-29/h1-20,24,31-35,43H,21-23,25H2/t31-,32+,33-,34+,35?,39+/m1/s1. The highest BCUT2D eigenvalue weighted by molar-refractivity contribution is 6.08. The number of amides is 3. The maximum absolute atomic E-state index is 15.0. The molecular formula is C39H35N3O5. The predicted molar refractivity (Wildman–Crippen MR) is 180 cm³/mol. The van der Waals surface area contributed by atoms with Gasteiger partial charge in [0.25, 0.3) is 5.91 Å². The fourth-order valence-electron chi connectivity index (χ4n) is 8.02. The zero-order valence-electron chi connectivity index (χ0n) is 25.8. The van der Waals surface area contributed by atoms with Crippen molar-refractivity contribution in [3.63, 3.8) is 0 Å². The third-order valence-electron chi connectivity index (χ3n) is 10.1. The molecule has 0 saturated carbocycles. The lowest BCUT2D eigenvalue weighted by molar-refractivity contribution is -0.144. The van der Waals surface area contributed by atoms with E-state index in [0.717, 1.165) is 22.0 Å². The number of hydrogen-bond acceptors (Lipinski definition) is 5. The average molecular weight is 626 g/mol. The van der Waals surface area contributed by atoms with Gasteiger partial charge in [-0.1, -0.05) is 103 Å². The van der Waals surface area contributed by atoms with Gasteiger partial charge in [0.05, 0.1) is 30.6 Å². The second-order valence-electron chi connectivity index (χ2n) is 12.7. The van der Waals surface area contributed by atoms with E-state index >= 15 is 0 Å². The van der Waals surface area contributed by atoms with Crippen molar-refractivity contribution in [3.8, 4) is 0 Å². The average Bonchev–Trinajstić information content (AvgIpc) is 3.43. The summed E-state index contributed by atoms with van der Waals surface area (Å²) in [5.41, 5.74) is 0.956. The lowest BCUT2D eigenvalue weighted by atomic mass is 9.77. The first kappa shape index (κ1) is 29.4. The molecule has 0 aromatic heterocycles. The molecule has 4 aliphatic heterocycles. The molecule has 3 amide bonds. The lowest BCUT2D eigenvalue weighted by Crippen LogP contribution is -2.58. The summed E-state index contributed by atoms with van der Waals surface area (Å²) in [7, 11) is 0. The molecule has 2 fully saturated rings. The summed E-state index contributed by atoms with van der Waals surface area (Å²) in [6.07, 6.45) is 7.15. The molecule has 4 aromatic rings. The molecule has 0 radical (unpaired) electrons. The summed E-state index contributed by atoms with van der Waals surface area (Å²) in [5, 5.41) is 12.9. The van der Waals surface area contributed by atoms with E-state index < -0.39 is 35.6 Å². The van der Waals surface area contributed by atoms with Crippen LogP contribution >= 0.6 is 0 Å². The molecule has 1 N–H and O–H groups in total. The molecule has 47 heavy (non-hydrogen) atoms. The van der Waals surface area contributed by atoms with Gasteiger partial charge in [-0.25, -0.2) is 0 Å². The SMILES string of the molecule is O=C1C2N([C@@H](CO)Cc3ccccc3)C(=O)[C@@H]3[C@@H]4C(=O)N(c5ccccc5)CC=C[C@@H]4O[C@]23C=CCN1c1ccc2ccccc2c1. The minimum atomic E-state index is -1.40. The molecule has 6 atom stereocenters. The number of aliphatic hydroxyl groups excluding tert-OH is 1. The molecule has 8 heteroatoms. The zero-order chi connectivity index (χ0) is 32.1. The number of aliphatic hydroxyl groups is 1. The minimum absolute atomic E-state index is 0.220. The number of carbonyl (C=O) groups is 3. The summed E-state index contributed by atoms with van der Waals surface area (Å²) in [4.78, 5) is 49.3. The smallest absolute Gasteiger partial charge is 0.253 e. The number of benzene rings is 4. The van der Waals surface area contributed by atoms with E-state index in [-0.39, 0.29) is 30.9 Å². The normalized spacial score (nSPS) is 27.4. The Hall–Kier alpha value is -5.05. The van der Waals surface area contributed by atoms with Gasteiger partial charge in [-0.2, -0.15) is 0 Å². The molecular weight excluding hydrogens is 590 g/mol. The number of rotatable bonds is 6. The maximum Gasteiger partial charge on any atom is 0.253 e. The molecule has 4 heterocycles. The number of ether oxygens (including phenoxy) is 1. The van der Waals surface area contributed by atoms with Crippen molar-refractivity contribution in [2.45, 2.75) is 30.2 Å². The number of nitrogens with zero attached hydrogens (tertiary/aromatic N) is 3. The van der Waals surface area contributed by atoms with Crippen LogP contribution in [0.4, 0.5) is 11.4 Å². The minimum Gasteiger partial charge on any atom is -0.394 e. The molecule has 2 saturated heterocycles. The Labute approximate surface area is 273 Å². The fourth-order valence-corrected chi connectivity index (χ4v) is 8.02. The van der Waals surface area contributed by atoms with Crippen molar-refractivity contribution >= 4 is 39.9 Å². The van der Waals surface area contributed by atoms with Crippen LogP contribution < -0.4 is 9.80 Å². The van der Waals surface area contributed by atoms with Gasteiger partial charge in [0.15, 0.2) is 0 Å². The fraction of sp³-hybridized carbons (Fsp3) is 0.256. The number of fused-ring (bicyclic) bond motifs is 3. The number of para-hydroxylation sites is 1. The van der Waals surface area contributed by atoms with Crippen LogP contribution in [0.2, 0.25) is 0 Å². The Bertz CT molecular complexity index is 1910. The van der Waals surface area contributed by atoms with Crippen LogP contribution in [-0.2, 0) is 25.5 Å². The van der Waals surface area contributed by atoms with Gasteiger partial charge in [-0.05, 0) is 47.0 Å². The van der Waals surface area contributed by atoms with E-state index in [2.05, 4.69) is 0 Å². The molecule has 0 bridgehead atoms. The van der Waals surface area contributed by atoms with Gasteiger partial charge in [0.1, 0.15) is 11.6 Å². The zero-order valence-corrected chi connectivity index (χ0v) is 25.8. The van der Waals surface area contributed by atoms with E-state index in [0.29, 0.717) is 18.7 Å². The summed E-state index contributed by atoms with van der Waals surface area (Å²) in [6, 6.07) is 31.1. The Morgan fingerprint density at radius 2 is 1.43 bits per heavy atom. The van der Waals surface area contributed by atoms with Crippen LogP contribution in [0.1, 0.15) is 5.56 Å². The van der Waals surface area contributed by atoms with Crippen molar-refractivity contribution < 1.29 is 24.2 Å². The second-order valence-corrected chi connectivity index (χ2v) is 12.7. The van der Waals surface area contributed by atoms with Crippen LogP contribution in [-0.4, -0.2) is 71.2 Å². The van der Waals surface area contributed by atoms with Crippen molar-refractivity contribution in [1.29, 1.82) is 0 Å². The Morgan fingerprint density at radius 3 is 2.19 bits per heavy atom. The number of likely N-dealkylation sites (tertiary alicyclic amines) is 1. The topological polar surface area (TPSA) is 90.4 Å². The van der Waals surface area contributed by atoms with Gasteiger partial charge in [-0.15, -0.1) is 0 Å². The van der Waals surface area contributed by atoms with Crippen molar-refractivity contribution in [2.24, 2.45) is 11.8 Å². The van der Waals surface area contributed by atoms with Gasteiger partial charge >= 0.3 is 0 Å². The van der Waals surface area contributed by atoms with Crippen LogP contribution in [0.25, 0.3) is 10.8 Å². The molecule has 4 aromatic carbocycles. The van der Waals surface area contributed by atoms with E-state index in [9.17, 15) is 19.5 Å². The molecule has 8 nitrogen and oxygen atoms in total. The molecule has 236 valence electrons. The van der Waals surface area contributed by atoms with Gasteiger partial charge in [-0.3, -0.25) is 14.4 Å². The first-order chi connectivity index (χ1) is 23.0. The van der Waals surface area contributed by atoms with Crippen LogP contribution in [0.3, 0.4) is 0 Å². The predicted octanol–water partition coefficient (Wildman–Crippen LogP) is 4.53. The highest BCUT2D eigenvalue weighted by atomic mass is 16.5. The number of carbonyl (C=O) groups excluding carboxylic acids is 3. The van der Waals surface area contributed by atoms with Crippen molar-refractivity contribution in [1.82, 2.24) is 4.90 Å². The Balaban J connectivity index is 1.24. The van der Waals surface area contributed by atoms with E-state index in [1.165, 1.54) is 4.90 Å². The van der Waals surface area contributed by atoms with E-state index in [1.54, 1.807) is 9.80 Å². The summed E-state index contributed by atoms with van der Waals surface area (Å²) in [6.45, 7) is 0.258. The maximum atomic E-state index is 15.0. The van der Waals surface area contributed by atoms with E-state index in [1.807, 2.05) is 127 Å². The molecule has 0 aliphatic carbocycles. The van der Waals surface area contributed by atoms with Crippen molar-refractivity contribution in [2.75, 3.05) is 29.5 Å². The number of anilines is 2. The summed E-state index contributed by atoms with van der Waals surface area (Å²) in [5.74, 6) is -2.69. The molecule has 4 aliphatic rings. The third-order valence-corrected chi connectivity index (χ3v) is 10.1. The molecule has 8 rings (SSSR count). The van der Waals surface area contributed by atoms with Crippen molar-refractivity contribution in [3.05, 3.63) is 133 Å². The highest BCUT2D eigenvalue weighted by Crippen LogP contribution is 2.54. The lowest BCUT2D eigenvalue weighted by Gasteiger charge is -2.38. The van der Waals surface area contributed by atoms with E-state index in [4.69, 9.17) is 4.74 Å². The third kappa shape index (κ3) is 4.70. The number of hydrogen-bond donors (Lipinski definition) is 1. The van der Waals surface area contributed by atoms with Crippen LogP contribution in [0, 0.1) is 11.8 Å². The Kier molecular flexibility index (Phi) is 7.27. The first-order valence-electron chi connectivity index (χ1n) is 16.2. The van der Waals surface area contributed by atoms with Gasteiger partial charge < -0.3 is 24.5 Å². The quantitative estimate of drug-likeness (QED) is 0.318. The van der Waals surface area contributed by atoms with Crippen LogP contribution in [0.5, 0.6) is 0 Å².